The Morgan fingerprint density at radius 3 is 2.12 bits per heavy atom. The molecule has 0 bridgehead atoms. The SMILES string of the molecule is O=C(O)c1ccc(N2C[C@@H](Oc3ccc(C(F)(F)F)cc3)CC[C@H]2COC(F)(F)F)cc1. The van der Waals surface area contributed by atoms with Gasteiger partial charge in [0.2, 0.25) is 0 Å². The minimum absolute atomic E-state index is 0.0198. The number of benzene rings is 2. The van der Waals surface area contributed by atoms with Gasteiger partial charge in [0.25, 0.3) is 0 Å². The van der Waals surface area contributed by atoms with Gasteiger partial charge in [0.15, 0.2) is 0 Å². The summed E-state index contributed by atoms with van der Waals surface area (Å²) >= 11 is 0. The summed E-state index contributed by atoms with van der Waals surface area (Å²) in [5.74, 6) is -0.940. The normalized spacial score (nSPS) is 19.6. The fourth-order valence-corrected chi connectivity index (χ4v) is 3.48. The molecule has 174 valence electrons. The van der Waals surface area contributed by atoms with Crippen LogP contribution in [-0.2, 0) is 10.9 Å². The van der Waals surface area contributed by atoms with Gasteiger partial charge in [0, 0.05) is 5.69 Å². The number of aromatic carboxylic acids is 1. The molecular formula is C21H19F6NO4. The smallest absolute Gasteiger partial charge is 0.489 e. The molecule has 5 nitrogen and oxygen atoms in total. The molecular weight excluding hydrogens is 444 g/mol. The summed E-state index contributed by atoms with van der Waals surface area (Å²) in [4.78, 5) is 12.7. The van der Waals surface area contributed by atoms with Crippen LogP contribution in [0.5, 0.6) is 5.75 Å². The fraction of sp³-hybridized carbons (Fsp3) is 0.381. The van der Waals surface area contributed by atoms with Gasteiger partial charge in [-0.15, -0.1) is 13.2 Å². The van der Waals surface area contributed by atoms with Crippen LogP contribution in [0.2, 0.25) is 0 Å². The summed E-state index contributed by atoms with van der Waals surface area (Å²) in [6.07, 6.45) is -9.16. The van der Waals surface area contributed by atoms with E-state index in [1.165, 1.54) is 36.4 Å². The Balaban J connectivity index is 1.75. The zero-order valence-corrected chi connectivity index (χ0v) is 16.5. The first kappa shape index (κ1) is 23.7. The fourth-order valence-electron chi connectivity index (χ4n) is 3.48. The molecule has 2 aromatic rings. The van der Waals surface area contributed by atoms with Gasteiger partial charge in [-0.3, -0.25) is 4.74 Å². The molecule has 0 radical (unpaired) electrons. The van der Waals surface area contributed by atoms with Crippen molar-refractivity contribution >= 4 is 11.7 Å². The summed E-state index contributed by atoms with van der Waals surface area (Å²) in [5, 5.41) is 9.04. The Labute approximate surface area is 179 Å². The van der Waals surface area contributed by atoms with E-state index in [0.29, 0.717) is 12.1 Å². The number of hydrogen-bond acceptors (Lipinski definition) is 4. The third kappa shape index (κ3) is 6.28. The number of alkyl halides is 6. The maximum Gasteiger partial charge on any atom is 0.522 e. The van der Waals surface area contributed by atoms with Gasteiger partial charge >= 0.3 is 18.5 Å². The number of halogens is 6. The zero-order valence-electron chi connectivity index (χ0n) is 16.5. The lowest BCUT2D eigenvalue weighted by Crippen LogP contribution is -2.50. The third-order valence-corrected chi connectivity index (χ3v) is 5.03. The van der Waals surface area contributed by atoms with E-state index < -0.39 is 42.8 Å². The van der Waals surface area contributed by atoms with Crippen molar-refractivity contribution in [2.45, 2.75) is 37.5 Å². The van der Waals surface area contributed by atoms with Gasteiger partial charge < -0.3 is 14.7 Å². The molecule has 2 atom stereocenters. The Morgan fingerprint density at radius 1 is 0.969 bits per heavy atom. The number of anilines is 1. The van der Waals surface area contributed by atoms with E-state index in [4.69, 9.17) is 9.84 Å². The highest BCUT2D eigenvalue weighted by molar-refractivity contribution is 5.88. The van der Waals surface area contributed by atoms with Crippen molar-refractivity contribution in [3.63, 3.8) is 0 Å². The van der Waals surface area contributed by atoms with E-state index in [2.05, 4.69) is 4.74 Å². The predicted molar refractivity (Wildman–Crippen MR) is 102 cm³/mol. The van der Waals surface area contributed by atoms with Crippen molar-refractivity contribution in [2.75, 3.05) is 18.1 Å². The summed E-state index contributed by atoms with van der Waals surface area (Å²) in [6.45, 7) is -0.490. The molecule has 11 heteroatoms. The maximum atomic E-state index is 12.7. The Morgan fingerprint density at radius 2 is 1.59 bits per heavy atom. The Bertz CT molecular complexity index is 912. The molecule has 1 N–H and O–H groups in total. The summed E-state index contributed by atoms with van der Waals surface area (Å²) in [6, 6.07) is 9.12. The number of piperidine rings is 1. The number of ether oxygens (including phenoxy) is 2. The number of rotatable bonds is 6. The molecule has 1 aliphatic rings. The van der Waals surface area contributed by atoms with E-state index in [9.17, 15) is 31.1 Å². The third-order valence-electron chi connectivity index (χ3n) is 5.03. The molecule has 0 spiro atoms. The highest BCUT2D eigenvalue weighted by atomic mass is 19.4. The van der Waals surface area contributed by atoms with Gasteiger partial charge in [-0.2, -0.15) is 13.2 Å². The van der Waals surface area contributed by atoms with Crippen LogP contribution in [0, 0.1) is 0 Å². The molecule has 0 unspecified atom stereocenters. The largest absolute Gasteiger partial charge is 0.522 e. The Hall–Kier alpha value is -2.95. The lowest BCUT2D eigenvalue weighted by atomic mass is 9.99. The minimum Gasteiger partial charge on any atom is -0.489 e. The second-order valence-corrected chi connectivity index (χ2v) is 7.25. The van der Waals surface area contributed by atoms with Gasteiger partial charge in [-0.25, -0.2) is 4.79 Å². The highest BCUT2D eigenvalue weighted by Crippen LogP contribution is 2.32. The van der Waals surface area contributed by atoms with Crippen LogP contribution in [0.1, 0.15) is 28.8 Å². The van der Waals surface area contributed by atoms with Crippen molar-refractivity contribution in [3.8, 4) is 5.75 Å². The number of carbonyl (C=O) groups is 1. The lowest BCUT2D eigenvalue weighted by molar-refractivity contribution is -0.326. The minimum atomic E-state index is -4.80. The summed E-state index contributed by atoms with van der Waals surface area (Å²) in [7, 11) is 0. The summed E-state index contributed by atoms with van der Waals surface area (Å²) < 4.78 is 85.6. The van der Waals surface area contributed by atoms with E-state index in [-0.39, 0.29) is 24.3 Å². The molecule has 0 aliphatic carbocycles. The average Bonchev–Trinajstić information content (AvgIpc) is 2.72. The van der Waals surface area contributed by atoms with Gasteiger partial charge in [0.1, 0.15) is 11.9 Å². The van der Waals surface area contributed by atoms with Crippen molar-refractivity contribution in [1.29, 1.82) is 0 Å². The molecule has 1 heterocycles. The molecule has 2 aromatic carbocycles. The van der Waals surface area contributed by atoms with Crippen LogP contribution in [-0.4, -0.2) is 42.7 Å². The van der Waals surface area contributed by atoms with Crippen LogP contribution in [0.4, 0.5) is 32.0 Å². The zero-order chi connectivity index (χ0) is 23.5. The van der Waals surface area contributed by atoms with E-state index in [1.807, 2.05) is 0 Å². The molecule has 1 aliphatic heterocycles. The number of hydrogen-bond donors (Lipinski definition) is 1. The predicted octanol–water partition coefficient (Wildman–Crippen LogP) is 5.36. The second-order valence-electron chi connectivity index (χ2n) is 7.25. The van der Waals surface area contributed by atoms with Crippen LogP contribution in [0.25, 0.3) is 0 Å². The van der Waals surface area contributed by atoms with E-state index >= 15 is 0 Å². The Kier molecular flexibility index (Phi) is 6.87. The molecule has 0 aromatic heterocycles. The van der Waals surface area contributed by atoms with Crippen LogP contribution >= 0.6 is 0 Å². The van der Waals surface area contributed by atoms with Crippen LogP contribution in [0.3, 0.4) is 0 Å². The molecule has 32 heavy (non-hydrogen) atoms. The van der Waals surface area contributed by atoms with Gasteiger partial charge in [0.05, 0.1) is 30.3 Å². The first-order valence-corrected chi connectivity index (χ1v) is 9.57. The molecule has 3 rings (SSSR count). The second kappa shape index (κ2) is 9.27. The summed E-state index contributed by atoms with van der Waals surface area (Å²) in [5.41, 5.74) is -0.323. The van der Waals surface area contributed by atoms with Crippen molar-refractivity contribution in [2.24, 2.45) is 0 Å². The number of carboxylic acid groups (broad SMARTS) is 1. The van der Waals surface area contributed by atoms with E-state index in [1.54, 1.807) is 4.90 Å². The van der Waals surface area contributed by atoms with E-state index in [0.717, 1.165) is 12.1 Å². The standard InChI is InChI=1S/C21H19F6NO4/c22-20(23,24)14-3-8-17(9-4-14)32-18-10-7-16(12-31-21(25,26)27)28(11-18)15-5-1-13(2-6-15)19(29)30/h1-6,8-9,16,18H,7,10-12H2,(H,29,30)/t16-,18-/m0/s1. The van der Waals surface area contributed by atoms with Crippen LogP contribution < -0.4 is 9.64 Å². The molecule has 1 saturated heterocycles. The van der Waals surface area contributed by atoms with Gasteiger partial charge in [-0.05, 0) is 61.4 Å². The first-order chi connectivity index (χ1) is 14.9. The van der Waals surface area contributed by atoms with Crippen molar-refractivity contribution in [1.82, 2.24) is 0 Å². The topological polar surface area (TPSA) is 59.0 Å². The highest BCUT2D eigenvalue weighted by Gasteiger charge is 2.35. The van der Waals surface area contributed by atoms with Crippen molar-refractivity contribution in [3.05, 3.63) is 59.7 Å². The molecule has 1 fully saturated rings. The quantitative estimate of drug-likeness (QED) is 0.585. The van der Waals surface area contributed by atoms with Crippen LogP contribution in [0.15, 0.2) is 48.5 Å². The molecule has 0 amide bonds. The number of carboxylic acids is 1. The molecule has 0 saturated carbocycles. The monoisotopic (exact) mass is 463 g/mol. The average molecular weight is 463 g/mol. The first-order valence-electron chi connectivity index (χ1n) is 9.57. The lowest BCUT2D eigenvalue weighted by Gasteiger charge is -2.41. The van der Waals surface area contributed by atoms with Gasteiger partial charge in [-0.1, -0.05) is 0 Å². The maximum absolute atomic E-state index is 12.7. The number of nitrogens with zero attached hydrogens (tertiary/aromatic N) is 1. The van der Waals surface area contributed by atoms with Crippen molar-refractivity contribution < 1.29 is 45.7 Å².